The number of aromatic amines is 1. The first kappa shape index (κ1) is 12.4. The van der Waals surface area contributed by atoms with Gasteiger partial charge in [0.25, 0.3) is 10.0 Å². The van der Waals surface area contributed by atoms with Crippen LogP contribution in [-0.2, 0) is 10.0 Å². The molecule has 2 aromatic rings. The van der Waals surface area contributed by atoms with E-state index in [1.54, 1.807) is 26.0 Å². The van der Waals surface area contributed by atoms with Gasteiger partial charge < -0.3 is 5.11 Å². The highest BCUT2D eigenvalue weighted by molar-refractivity contribution is 7.92. The number of aryl methyl sites for hydroxylation is 2. The van der Waals surface area contributed by atoms with Crippen LogP contribution in [0.1, 0.15) is 11.4 Å². The van der Waals surface area contributed by atoms with Crippen LogP contribution in [-0.4, -0.2) is 23.7 Å². The molecule has 7 heteroatoms. The fraction of sp³-hybridized carbons (Fsp3) is 0.182. The third-order valence-corrected chi connectivity index (χ3v) is 4.07. The molecular formula is C11H13N3O3S. The van der Waals surface area contributed by atoms with Crippen LogP contribution >= 0.6 is 0 Å². The van der Waals surface area contributed by atoms with Crippen LogP contribution in [0.15, 0.2) is 29.2 Å². The van der Waals surface area contributed by atoms with Gasteiger partial charge in [-0.05, 0) is 26.0 Å². The number of nitrogens with one attached hydrogen (secondary N) is 2. The van der Waals surface area contributed by atoms with Gasteiger partial charge in [0.1, 0.15) is 10.6 Å². The van der Waals surface area contributed by atoms with E-state index in [1.807, 2.05) is 0 Å². The quantitative estimate of drug-likeness (QED) is 0.786. The van der Waals surface area contributed by atoms with Crippen LogP contribution in [0, 0.1) is 13.8 Å². The highest BCUT2D eigenvalue weighted by Gasteiger charge is 2.22. The lowest BCUT2D eigenvalue weighted by Gasteiger charge is -2.08. The van der Waals surface area contributed by atoms with Gasteiger partial charge in [-0.3, -0.25) is 9.82 Å². The molecule has 0 saturated heterocycles. The summed E-state index contributed by atoms with van der Waals surface area (Å²) in [6.45, 7) is 3.25. The maximum atomic E-state index is 12.2. The van der Waals surface area contributed by atoms with Gasteiger partial charge in [0.05, 0.1) is 17.1 Å². The summed E-state index contributed by atoms with van der Waals surface area (Å²) in [4.78, 5) is 0.130. The van der Waals surface area contributed by atoms with Crippen molar-refractivity contribution in [2.75, 3.05) is 4.72 Å². The van der Waals surface area contributed by atoms with E-state index < -0.39 is 10.0 Å². The Morgan fingerprint density at radius 2 is 2.06 bits per heavy atom. The minimum Gasteiger partial charge on any atom is -0.508 e. The Labute approximate surface area is 105 Å². The first-order valence-electron chi connectivity index (χ1n) is 5.23. The average Bonchev–Trinajstić information content (AvgIpc) is 2.58. The number of phenols is 1. The molecule has 0 saturated carbocycles. The van der Waals surface area contributed by atoms with Gasteiger partial charge in [0, 0.05) is 6.07 Å². The second-order valence-corrected chi connectivity index (χ2v) is 5.54. The summed E-state index contributed by atoms with van der Waals surface area (Å²) in [6, 6.07) is 5.92. The molecule has 1 aromatic carbocycles. The molecule has 0 spiro atoms. The zero-order valence-electron chi connectivity index (χ0n) is 9.93. The fourth-order valence-corrected chi connectivity index (χ4v) is 3.13. The molecule has 0 radical (unpaired) electrons. The summed E-state index contributed by atoms with van der Waals surface area (Å²) in [7, 11) is -3.70. The number of benzene rings is 1. The third-order valence-electron chi connectivity index (χ3n) is 2.43. The molecule has 0 amide bonds. The van der Waals surface area contributed by atoms with E-state index in [-0.39, 0.29) is 10.6 Å². The van der Waals surface area contributed by atoms with Crippen molar-refractivity contribution in [3.05, 3.63) is 35.7 Å². The molecule has 0 aliphatic rings. The zero-order valence-corrected chi connectivity index (χ0v) is 10.7. The van der Waals surface area contributed by atoms with E-state index in [2.05, 4.69) is 14.9 Å². The molecule has 6 nitrogen and oxygen atoms in total. The Kier molecular flexibility index (Phi) is 3.00. The molecule has 2 rings (SSSR count). The Hall–Kier alpha value is -2.02. The Bertz CT molecular complexity index is 657. The van der Waals surface area contributed by atoms with Crippen molar-refractivity contribution in [2.24, 2.45) is 0 Å². The molecule has 0 bridgehead atoms. The van der Waals surface area contributed by atoms with E-state index in [1.165, 1.54) is 12.1 Å². The van der Waals surface area contributed by atoms with E-state index in [0.717, 1.165) is 0 Å². The van der Waals surface area contributed by atoms with Gasteiger partial charge in [-0.1, -0.05) is 6.07 Å². The first-order chi connectivity index (χ1) is 8.40. The van der Waals surface area contributed by atoms with Crippen LogP contribution < -0.4 is 4.72 Å². The number of anilines is 1. The number of phenolic OH excluding ortho intramolecular Hbond substituents is 1. The average molecular weight is 267 g/mol. The topological polar surface area (TPSA) is 95.1 Å². The van der Waals surface area contributed by atoms with Crippen molar-refractivity contribution >= 4 is 15.7 Å². The normalized spacial score (nSPS) is 11.4. The predicted octanol–water partition coefficient (Wildman–Crippen LogP) is 1.53. The van der Waals surface area contributed by atoms with Crippen molar-refractivity contribution in [1.82, 2.24) is 10.2 Å². The number of sulfonamides is 1. The minimum absolute atomic E-state index is 0.00385. The van der Waals surface area contributed by atoms with Gasteiger partial charge in [-0.15, -0.1) is 0 Å². The molecular weight excluding hydrogens is 254 g/mol. The summed E-state index contributed by atoms with van der Waals surface area (Å²) < 4.78 is 26.7. The standard InChI is InChI=1S/C11H13N3O3S/c1-7-11(8(2)13-12-7)18(16,17)14-9-4-3-5-10(15)6-9/h3-6,14-15H,1-2H3,(H,12,13). The van der Waals surface area contributed by atoms with E-state index in [9.17, 15) is 13.5 Å². The fourth-order valence-electron chi connectivity index (χ4n) is 1.71. The van der Waals surface area contributed by atoms with Crippen molar-refractivity contribution < 1.29 is 13.5 Å². The van der Waals surface area contributed by atoms with Gasteiger partial charge >= 0.3 is 0 Å². The molecule has 0 aliphatic carbocycles. The summed E-state index contributed by atoms with van der Waals surface area (Å²) in [5.74, 6) is -0.00385. The number of aromatic hydroxyl groups is 1. The monoisotopic (exact) mass is 267 g/mol. The highest BCUT2D eigenvalue weighted by atomic mass is 32.2. The third kappa shape index (κ3) is 2.30. The number of aromatic nitrogens is 2. The van der Waals surface area contributed by atoms with Crippen LogP contribution in [0.5, 0.6) is 5.75 Å². The Balaban J connectivity index is 2.39. The van der Waals surface area contributed by atoms with Crippen molar-refractivity contribution in [3.63, 3.8) is 0 Å². The van der Waals surface area contributed by atoms with Gasteiger partial charge in [-0.25, -0.2) is 8.42 Å². The molecule has 0 atom stereocenters. The van der Waals surface area contributed by atoms with Gasteiger partial charge in [0.2, 0.25) is 0 Å². The zero-order chi connectivity index (χ0) is 13.3. The van der Waals surface area contributed by atoms with Gasteiger partial charge in [-0.2, -0.15) is 5.10 Å². The van der Waals surface area contributed by atoms with Crippen molar-refractivity contribution in [1.29, 1.82) is 0 Å². The second-order valence-electron chi connectivity index (χ2n) is 3.92. The molecule has 3 N–H and O–H groups in total. The van der Waals surface area contributed by atoms with Gasteiger partial charge in [0.15, 0.2) is 0 Å². The summed E-state index contributed by atoms with van der Waals surface area (Å²) in [6.07, 6.45) is 0. The molecule has 0 fully saturated rings. The summed E-state index contributed by atoms with van der Waals surface area (Å²) in [5.41, 5.74) is 1.18. The summed E-state index contributed by atoms with van der Waals surface area (Å²) in [5, 5.41) is 15.8. The number of H-pyrrole nitrogens is 1. The molecule has 96 valence electrons. The smallest absolute Gasteiger partial charge is 0.265 e. The number of rotatable bonds is 3. The minimum atomic E-state index is -3.70. The lowest BCUT2D eigenvalue weighted by atomic mass is 10.3. The van der Waals surface area contributed by atoms with E-state index in [4.69, 9.17) is 0 Å². The molecule has 18 heavy (non-hydrogen) atoms. The number of nitrogens with zero attached hydrogens (tertiary/aromatic N) is 1. The molecule has 0 unspecified atom stereocenters. The molecule has 0 aliphatic heterocycles. The molecule has 1 aromatic heterocycles. The maximum Gasteiger partial charge on any atom is 0.265 e. The van der Waals surface area contributed by atoms with Crippen LogP contribution in [0.2, 0.25) is 0 Å². The van der Waals surface area contributed by atoms with Crippen molar-refractivity contribution in [3.8, 4) is 5.75 Å². The van der Waals surface area contributed by atoms with Crippen LogP contribution in [0.25, 0.3) is 0 Å². The van der Waals surface area contributed by atoms with E-state index >= 15 is 0 Å². The SMILES string of the molecule is Cc1n[nH]c(C)c1S(=O)(=O)Nc1cccc(O)c1. The Morgan fingerprint density at radius 3 is 2.61 bits per heavy atom. The maximum absolute atomic E-state index is 12.2. The highest BCUT2D eigenvalue weighted by Crippen LogP contribution is 2.22. The predicted molar refractivity (Wildman–Crippen MR) is 67.0 cm³/mol. The summed E-state index contributed by atoms with van der Waals surface area (Å²) >= 11 is 0. The van der Waals surface area contributed by atoms with Crippen LogP contribution in [0.3, 0.4) is 0 Å². The lowest BCUT2D eigenvalue weighted by Crippen LogP contribution is -2.14. The Morgan fingerprint density at radius 1 is 1.33 bits per heavy atom. The lowest BCUT2D eigenvalue weighted by molar-refractivity contribution is 0.475. The largest absolute Gasteiger partial charge is 0.508 e. The van der Waals surface area contributed by atoms with Crippen molar-refractivity contribution in [2.45, 2.75) is 18.7 Å². The molecule has 1 heterocycles. The number of hydrogen-bond acceptors (Lipinski definition) is 4. The van der Waals surface area contributed by atoms with E-state index in [0.29, 0.717) is 17.1 Å². The first-order valence-corrected chi connectivity index (χ1v) is 6.72. The van der Waals surface area contributed by atoms with Crippen LogP contribution in [0.4, 0.5) is 5.69 Å². The second kappa shape index (κ2) is 4.34. The number of hydrogen-bond donors (Lipinski definition) is 3.